The Hall–Kier alpha value is -3.47. The number of alkyl carbamates (subject to hydrolysis) is 1. The second-order valence-corrected chi connectivity index (χ2v) is 6.39. The lowest BCUT2D eigenvalue weighted by Gasteiger charge is -2.11. The van der Waals surface area contributed by atoms with E-state index in [1.165, 1.54) is 7.11 Å². The zero-order valence-corrected chi connectivity index (χ0v) is 15.0. The topological polar surface area (TPSA) is 74.3 Å². The highest BCUT2D eigenvalue weighted by Gasteiger charge is 2.14. The molecule has 5 nitrogen and oxygen atoms in total. The number of aromatic nitrogens is 1. The minimum absolute atomic E-state index is 0.254. The minimum atomic E-state index is -0.434. The first-order valence-electron chi connectivity index (χ1n) is 8.81. The molecule has 27 heavy (non-hydrogen) atoms. The van der Waals surface area contributed by atoms with Gasteiger partial charge < -0.3 is 20.1 Å². The Labute approximate surface area is 156 Å². The average molecular weight is 360 g/mol. The molecular formula is C22H20N2O3. The summed E-state index contributed by atoms with van der Waals surface area (Å²) in [5.74, 6) is 0.254. The number of methoxy groups -OCH3 is 1. The number of ether oxygens (including phenoxy) is 1. The Bertz CT molecular complexity index is 1130. The van der Waals surface area contributed by atoms with Gasteiger partial charge in [0.15, 0.2) is 0 Å². The number of carbonyl (C=O) groups excluding carboxylic acids is 1. The van der Waals surface area contributed by atoms with Crippen molar-refractivity contribution in [3.63, 3.8) is 0 Å². The molecule has 1 aromatic heterocycles. The lowest BCUT2D eigenvalue weighted by molar-refractivity contribution is 0.171. The maximum absolute atomic E-state index is 11.2. The molecule has 0 aliphatic carbocycles. The number of phenolic OH excluding ortho intramolecular Hbond substituents is 1. The van der Waals surface area contributed by atoms with Crippen LogP contribution < -0.4 is 5.32 Å². The van der Waals surface area contributed by atoms with Gasteiger partial charge in [0.2, 0.25) is 0 Å². The summed E-state index contributed by atoms with van der Waals surface area (Å²) in [5.41, 5.74) is 3.84. The Morgan fingerprint density at radius 3 is 2.74 bits per heavy atom. The Morgan fingerprint density at radius 2 is 1.89 bits per heavy atom. The predicted octanol–water partition coefficient (Wildman–Crippen LogP) is 4.59. The zero-order valence-electron chi connectivity index (χ0n) is 15.0. The third-order valence-corrected chi connectivity index (χ3v) is 4.83. The van der Waals surface area contributed by atoms with E-state index in [9.17, 15) is 9.90 Å². The first-order chi connectivity index (χ1) is 13.2. The summed E-state index contributed by atoms with van der Waals surface area (Å²) < 4.78 is 4.60. The number of H-pyrrole nitrogens is 1. The van der Waals surface area contributed by atoms with Crippen molar-refractivity contribution in [3.05, 3.63) is 66.4 Å². The molecule has 0 radical (unpaired) electrons. The van der Waals surface area contributed by atoms with Crippen LogP contribution in [0.4, 0.5) is 4.79 Å². The molecule has 0 aliphatic rings. The second-order valence-electron chi connectivity index (χ2n) is 6.39. The van der Waals surface area contributed by atoms with Crippen LogP contribution in [0.2, 0.25) is 0 Å². The second kappa shape index (κ2) is 7.03. The minimum Gasteiger partial charge on any atom is -0.507 e. The van der Waals surface area contributed by atoms with E-state index in [0.29, 0.717) is 13.0 Å². The summed E-state index contributed by atoms with van der Waals surface area (Å²) in [6.07, 6.45) is 2.20. The Morgan fingerprint density at radius 1 is 1.07 bits per heavy atom. The number of aromatic hydroxyl groups is 1. The molecule has 1 amide bonds. The molecule has 0 spiro atoms. The molecule has 5 heteroatoms. The molecule has 0 atom stereocenters. The van der Waals surface area contributed by atoms with Crippen LogP contribution >= 0.6 is 0 Å². The standard InChI is InChI=1S/C22H20N2O3/c1-27-22(26)23-12-11-15-13-24-21-17(15)7-4-8-18(21)20-16-6-3-2-5-14(16)9-10-19(20)25/h2-10,13,24-25H,11-12H2,1H3,(H,23,26). The van der Waals surface area contributed by atoms with Crippen molar-refractivity contribution in [2.24, 2.45) is 0 Å². The maximum atomic E-state index is 11.2. The van der Waals surface area contributed by atoms with E-state index in [2.05, 4.69) is 15.0 Å². The predicted molar refractivity (Wildman–Crippen MR) is 107 cm³/mol. The van der Waals surface area contributed by atoms with Crippen molar-refractivity contribution >= 4 is 27.8 Å². The summed E-state index contributed by atoms with van der Waals surface area (Å²) in [5, 5.41) is 16.4. The van der Waals surface area contributed by atoms with Crippen LogP contribution in [0.5, 0.6) is 5.75 Å². The Kier molecular flexibility index (Phi) is 4.42. The van der Waals surface area contributed by atoms with Crippen molar-refractivity contribution < 1.29 is 14.6 Å². The van der Waals surface area contributed by atoms with Crippen molar-refractivity contribution in [3.8, 4) is 16.9 Å². The molecule has 3 N–H and O–H groups in total. The van der Waals surface area contributed by atoms with Gasteiger partial charge in [0.1, 0.15) is 5.75 Å². The summed E-state index contributed by atoms with van der Waals surface area (Å²) in [6.45, 7) is 0.489. The molecule has 136 valence electrons. The number of hydrogen-bond acceptors (Lipinski definition) is 3. The van der Waals surface area contributed by atoms with E-state index in [1.807, 2.05) is 54.7 Å². The largest absolute Gasteiger partial charge is 0.507 e. The van der Waals surface area contributed by atoms with Crippen LogP contribution in [-0.4, -0.2) is 29.8 Å². The van der Waals surface area contributed by atoms with Crippen LogP contribution in [0, 0.1) is 0 Å². The van der Waals surface area contributed by atoms with E-state index in [1.54, 1.807) is 6.07 Å². The quantitative estimate of drug-likeness (QED) is 0.498. The Balaban J connectivity index is 1.79. The molecule has 0 saturated heterocycles. The molecule has 4 aromatic rings. The van der Waals surface area contributed by atoms with Gasteiger partial charge in [0.05, 0.1) is 12.6 Å². The molecule has 0 unspecified atom stereocenters. The summed E-state index contributed by atoms with van der Waals surface area (Å²) in [6, 6.07) is 17.7. The molecule has 0 fully saturated rings. The van der Waals surface area contributed by atoms with Gasteiger partial charge in [-0.3, -0.25) is 0 Å². The van der Waals surface area contributed by atoms with Gasteiger partial charge in [-0.2, -0.15) is 0 Å². The SMILES string of the molecule is COC(=O)NCCc1c[nH]c2c(-c3c(O)ccc4ccccc34)cccc12. The normalized spacial score (nSPS) is 11.0. The van der Waals surface area contributed by atoms with Crippen molar-refractivity contribution in [1.82, 2.24) is 10.3 Å². The van der Waals surface area contributed by atoms with Gasteiger partial charge in [-0.05, 0) is 28.8 Å². The number of fused-ring (bicyclic) bond motifs is 2. The maximum Gasteiger partial charge on any atom is 0.406 e. The molecule has 0 bridgehead atoms. The molecule has 0 aliphatic heterocycles. The molecule has 3 aromatic carbocycles. The van der Waals surface area contributed by atoms with Crippen LogP contribution in [0.1, 0.15) is 5.56 Å². The lowest BCUT2D eigenvalue weighted by atomic mass is 9.95. The van der Waals surface area contributed by atoms with Gasteiger partial charge in [0.25, 0.3) is 0 Å². The third kappa shape index (κ3) is 3.08. The fourth-order valence-electron chi connectivity index (χ4n) is 3.54. The number of phenols is 1. The van der Waals surface area contributed by atoms with Crippen LogP contribution in [0.3, 0.4) is 0 Å². The number of benzene rings is 3. The smallest absolute Gasteiger partial charge is 0.406 e. The number of aromatic amines is 1. The van der Waals surface area contributed by atoms with Gasteiger partial charge in [-0.25, -0.2) is 4.79 Å². The number of rotatable bonds is 4. The van der Waals surface area contributed by atoms with E-state index in [4.69, 9.17) is 0 Å². The molecule has 0 saturated carbocycles. The fraction of sp³-hybridized carbons (Fsp3) is 0.136. The van der Waals surface area contributed by atoms with Crippen molar-refractivity contribution in [2.75, 3.05) is 13.7 Å². The number of para-hydroxylation sites is 1. The van der Waals surface area contributed by atoms with Gasteiger partial charge in [0, 0.05) is 29.3 Å². The summed E-state index contributed by atoms with van der Waals surface area (Å²) >= 11 is 0. The highest BCUT2D eigenvalue weighted by molar-refractivity contribution is 6.07. The van der Waals surface area contributed by atoms with E-state index >= 15 is 0 Å². The fourth-order valence-corrected chi connectivity index (χ4v) is 3.54. The highest BCUT2D eigenvalue weighted by atomic mass is 16.5. The van der Waals surface area contributed by atoms with Crippen LogP contribution in [0.25, 0.3) is 32.8 Å². The van der Waals surface area contributed by atoms with Crippen LogP contribution in [-0.2, 0) is 11.2 Å². The first kappa shape index (κ1) is 17.0. The molecular weight excluding hydrogens is 340 g/mol. The number of carbonyl (C=O) groups is 1. The average Bonchev–Trinajstić information content (AvgIpc) is 3.11. The third-order valence-electron chi connectivity index (χ3n) is 4.83. The monoisotopic (exact) mass is 360 g/mol. The number of hydrogen-bond donors (Lipinski definition) is 3. The van der Waals surface area contributed by atoms with Crippen molar-refractivity contribution in [1.29, 1.82) is 0 Å². The van der Waals surface area contributed by atoms with Gasteiger partial charge in [-0.1, -0.05) is 48.5 Å². The summed E-state index contributed by atoms with van der Waals surface area (Å²) in [4.78, 5) is 14.6. The van der Waals surface area contributed by atoms with E-state index in [-0.39, 0.29) is 5.75 Å². The van der Waals surface area contributed by atoms with Gasteiger partial charge in [-0.15, -0.1) is 0 Å². The zero-order chi connectivity index (χ0) is 18.8. The van der Waals surface area contributed by atoms with Crippen LogP contribution in [0.15, 0.2) is 60.8 Å². The van der Waals surface area contributed by atoms with Crippen molar-refractivity contribution in [2.45, 2.75) is 6.42 Å². The number of amides is 1. The highest BCUT2D eigenvalue weighted by Crippen LogP contribution is 2.39. The van der Waals surface area contributed by atoms with Gasteiger partial charge >= 0.3 is 6.09 Å². The first-order valence-corrected chi connectivity index (χ1v) is 8.81. The molecule has 1 heterocycles. The number of nitrogens with one attached hydrogen (secondary N) is 2. The van der Waals surface area contributed by atoms with E-state index in [0.717, 1.165) is 38.4 Å². The molecule has 4 rings (SSSR count). The van der Waals surface area contributed by atoms with E-state index < -0.39 is 6.09 Å². The summed E-state index contributed by atoms with van der Waals surface area (Å²) in [7, 11) is 1.35. The lowest BCUT2D eigenvalue weighted by Crippen LogP contribution is -2.25.